The molecule has 1 amide bonds. The standard InChI is InChI=1S/C24H23N5O2S/c1-15-8-9-18(10-16(15)2)29-22-20(13-26-29)23(31)28-19(14-32-24(28)27-22)11-21(30)25-12-17-6-4-3-5-7-17/h3-10,13,19H,11-12,14H2,1-2H3,(H,25,30). The zero-order chi connectivity index (χ0) is 22.2. The second-order valence-corrected chi connectivity index (χ2v) is 9.05. The summed E-state index contributed by atoms with van der Waals surface area (Å²) in [4.78, 5) is 30.6. The lowest BCUT2D eigenvalue weighted by atomic mass is 10.1. The van der Waals surface area contributed by atoms with Crippen molar-refractivity contribution >= 4 is 28.7 Å². The van der Waals surface area contributed by atoms with Gasteiger partial charge in [0.1, 0.15) is 5.39 Å². The van der Waals surface area contributed by atoms with Crippen molar-refractivity contribution < 1.29 is 4.79 Å². The first-order valence-electron chi connectivity index (χ1n) is 10.5. The highest BCUT2D eigenvalue weighted by Gasteiger charge is 2.29. The topological polar surface area (TPSA) is 81.8 Å². The summed E-state index contributed by atoms with van der Waals surface area (Å²) >= 11 is 1.51. The minimum absolute atomic E-state index is 0.0786. The molecule has 162 valence electrons. The van der Waals surface area contributed by atoms with E-state index < -0.39 is 0 Å². The molecule has 0 bridgehead atoms. The average molecular weight is 446 g/mol. The fourth-order valence-corrected chi connectivity index (χ4v) is 5.04. The maximum atomic E-state index is 13.3. The third-order valence-electron chi connectivity index (χ3n) is 5.86. The van der Waals surface area contributed by atoms with Crippen LogP contribution in [-0.2, 0) is 11.3 Å². The first kappa shape index (κ1) is 20.5. The summed E-state index contributed by atoms with van der Waals surface area (Å²) in [6.45, 7) is 4.58. The average Bonchev–Trinajstić information content (AvgIpc) is 3.40. The van der Waals surface area contributed by atoms with Crippen LogP contribution in [-0.4, -0.2) is 31.0 Å². The Morgan fingerprint density at radius 1 is 1.16 bits per heavy atom. The second kappa shape index (κ2) is 8.27. The van der Waals surface area contributed by atoms with Gasteiger partial charge >= 0.3 is 0 Å². The van der Waals surface area contributed by atoms with Crippen molar-refractivity contribution in [1.82, 2.24) is 24.6 Å². The summed E-state index contributed by atoms with van der Waals surface area (Å²) in [5.74, 6) is 0.565. The predicted octanol–water partition coefficient (Wildman–Crippen LogP) is 3.55. The van der Waals surface area contributed by atoms with Crippen LogP contribution in [0, 0.1) is 13.8 Å². The number of thioether (sulfide) groups is 1. The number of carbonyl (C=O) groups excluding carboxylic acids is 1. The summed E-state index contributed by atoms with van der Waals surface area (Å²) in [5.41, 5.74) is 4.67. The van der Waals surface area contributed by atoms with E-state index >= 15 is 0 Å². The van der Waals surface area contributed by atoms with E-state index in [1.807, 2.05) is 55.5 Å². The third kappa shape index (κ3) is 3.71. The Balaban J connectivity index is 1.41. The molecule has 1 N–H and O–H groups in total. The van der Waals surface area contributed by atoms with Crippen molar-refractivity contribution in [3.05, 3.63) is 81.8 Å². The van der Waals surface area contributed by atoms with Gasteiger partial charge in [0, 0.05) is 18.7 Å². The molecule has 1 aliphatic heterocycles. The molecule has 7 nitrogen and oxygen atoms in total. The number of benzene rings is 2. The van der Waals surface area contributed by atoms with E-state index in [0.29, 0.717) is 28.5 Å². The molecule has 0 saturated carbocycles. The number of aromatic nitrogens is 4. The van der Waals surface area contributed by atoms with Gasteiger partial charge in [0.2, 0.25) is 5.91 Å². The fourth-order valence-electron chi connectivity index (χ4n) is 3.91. The van der Waals surface area contributed by atoms with Crippen LogP contribution in [0.15, 0.2) is 64.7 Å². The van der Waals surface area contributed by atoms with Crippen molar-refractivity contribution in [2.24, 2.45) is 0 Å². The molecule has 1 atom stereocenters. The van der Waals surface area contributed by atoms with Crippen LogP contribution in [0.3, 0.4) is 0 Å². The third-order valence-corrected chi connectivity index (χ3v) is 6.96. The van der Waals surface area contributed by atoms with Crippen LogP contribution >= 0.6 is 11.8 Å². The minimum Gasteiger partial charge on any atom is -0.352 e. The molecule has 2 aromatic heterocycles. The zero-order valence-corrected chi connectivity index (χ0v) is 18.7. The number of aryl methyl sites for hydroxylation is 2. The minimum atomic E-state index is -0.222. The Kier molecular flexibility index (Phi) is 5.30. The summed E-state index contributed by atoms with van der Waals surface area (Å²) in [5, 5.41) is 8.48. The maximum absolute atomic E-state index is 13.3. The number of nitrogens with one attached hydrogen (secondary N) is 1. The molecule has 1 aliphatic rings. The highest BCUT2D eigenvalue weighted by atomic mass is 32.2. The Labute approximate surface area is 189 Å². The lowest BCUT2D eigenvalue weighted by Gasteiger charge is -2.13. The molecular formula is C24H23N5O2S. The van der Waals surface area contributed by atoms with Crippen LogP contribution in [0.4, 0.5) is 0 Å². The molecule has 8 heteroatoms. The summed E-state index contributed by atoms with van der Waals surface area (Å²) in [6, 6.07) is 15.6. The van der Waals surface area contributed by atoms with Crippen molar-refractivity contribution in [1.29, 1.82) is 0 Å². The van der Waals surface area contributed by atoms with E-state index in [4.69, 9.17) is 4.98 Å². The van der Waals surface area contributed by atoms with Gasteiger partial charge < -0.3 is 5.32 Å². The van der Waals surface area contributed by atoms with E-state index in [1.165, 1.54) is 17.3 Å². The summed E-state index contributed by atoms with van der Waals surface area (Å²) in [6.07, 6.45) is 1.81. The van der Waals surface area contributed by atoms with Gasteiger partial charge in [-0.15, -0.1) is 0 Å². The van der Waals surface area contributed by atoms with Gasteiger partial charge in [-0.25, -0.2) is 9.67 Å². The number of nitrogens with zero attached hydrogens (tertiary/aromatic N) is 4. The number of amides is 1. The normalized spacial score (nSPS) is 15.1. The van der Waals surface area contributed by atoms with Crippen molar-refractivity contribution in [3.8, 4) is 5.69 Å². The van der Waals surface area contributed by atoms with E-state index in [-0.39, 0.29) is 23.9 Å². The Bertz CT molecular complexity index is 1380. The Morgan fingerprint density at radius 2 is 1.97 bits per heavy atom. The molecule has 0 spiro atoms. The zero-order valence-electron chi connectivity index (χ0n) is 17.9. The quantitative estimate of drug-likeness (QED) is 0.475. The molecule has 0 radical (unpaired) electrons. The largest absolute Gasteiger partial charge is 0.352 e. The van der Waals surface area contributed by atoms with Crippen molar-refractivity contribution in [2.75, 3.05) is 5.75 Å². The van der Waals surface area contributed by atoms with E-state index in [1.54, 1.807) is 15.4 Å². The Morgan fingerprint density at radius 3 is 2.75 bits per heavy atom. The van der Waals surface area contributed by atoms with Gasteiger partial charge in [0.25, 0.3) is 5.56 Å². The van der Waals surface area contributed by atoms with Crippen LogP contribution in [0.5, 0.6) is 0 Å². The molecule has 3 heterocycles. The van der Waals surface area contributed by atoms with E-state index in [2.05, 4.69) is 17.3 Å². The van der Waals surface area contributed by atoms with Gasteiger partial charge in [0.05, 0.1) is 17.9 Å². The van der Waals surface area contributed by atoms with Crippen molar-refractivity contribution in [3.63, 3.8) is 0 Å². The fraction of sp³-hybridized carbons (Fsp3) is 0.250. The SMILES string of the molecule is Cc1ccc(-n2ncc3c(=O)n4c(nc32)SCC4CC(=O)NCc2ccccc2)cc1C. The molecule has 4 aromatic rings. The van der Waals surface area contributed by atoms with Crippen LogP contribution in [0.2, 0.25) is 0 Å². The highest BCUT2D eigenvalue weighted by molar-refractivity contribution is 7.99. The van der Waals surface area contributed by atoms with Gasteiger partial charge in [-0.1, -0.05) is 48.2 Å². The number of carbonyl (C=O) groups is 1. The summed E-state index contributed by atoms with van der Waals surface area (Å²) in [7, 11) is 0. The molecule has 0 saturated heterocycles. The second-order valence-electron chi connectivity index (χ2n) is 8.06. The van der Waals surface area contributed by atoms with Crippen LogP contribution < -0.4 is 10.9 Å². The molecule has 32 heavy (non-hydrogen) atoms. The number of rotatable bonds is 5. The van der Waals surface area contributed by atoms with Gasteiger partial charge in [0.15, 0.2) is 10.8 Å². The van der Waals surface area contributed by atoms with Crippen molar-refractivity contribution in [2.45, 2.75) is 38.0 Å². The molecule has 0 fully saturated rings. The first-order valence-corrected chi connectivity index (χ1v) is 11.5. The predicted molar refractivity (Wildman–Crippen MR) is 125 cm³/mol. The molecule has 1 unspecified atom stereocenters. The molecule has 5 rings (SSSR count). The van der Waals surface area contributed by atoms with Crippen LogP contribution in [0.1, 0.15) is 29.2 Å². The first-order chi connectivity index (χ1) is 15.5. The number of hydrogen-bond donors (Lipinski definition) is 1. The summed E-state index contributed by atoms with van der Waals surface area (Å²) < 4.78 is 3.37. The lowest BCUT2D eigenvalue weighted by molar-refractivity contribution is -0.121. The van der Waals surface area contributed by atoms with Gasteiger partial charge in [-0.05, 0) is 42.7 Å². The lowest BCUT2D eigenvalue weighted by Crippen LogP contribution is -2.30. The monoisotopic (exact) mass is 445 g/mol. The van der Waals surface area contributed by atoms with E-state index in [9.17, 15) is 9.59 Å². The molecule has 0 aliphatic carbocycles. The number of fused-ring (bicyclic) bond motifs is 2. The Hall–Kier alpha value is -3.39. The highest BCUT2D eigenvalue weighted by Crippen LogP contribution is 2.33. The van der Waals surface area contributed by atoms with Gasteiger partial charge in [-0.2, -0.15) is 5.10 Å². The smallest absolute Gasteiger partial charge is 0.265 e. The van der Waals surface area contributed by atoms with Crippen LogP contribution in [0.25, 0.3) is 16.7 Å². The number of hydrogen-bond acceptors (Lipinski definition) is 5. The maximum Gasteiger partial charge on any atom is 0.265 e. The van der Waals surface area contributed by atoms with Gasteiger partial charge in [-0.3, -0.25) is 14.2 Å². The molecule has 2 aromatic carbocycles. The van der Waals surface area contributed by atoms with E-state index in [0.717, 1.165) is 16.8 Å². The molecular weight excluding hydrogens is 422 g/mol.